The van der Waals surface area contributed by atoms with Crippen LogP contribution >= 0.6 is 0 Å². The van der Waals surface area contributed by atoms with Gasteiger partial charge in [-0.3, -0.25) is 0 Å². The van der Waals surface area contributed by atoms with Crippen molar-refractivity contribution in [2.24, 2.45) is 0 Å². The van der Waals surface area contributed by atoms with E-state index in [-0.39, 0.29) is 12.2 Å². The Hall–Kier alpha value is -1.98. The van der Waals surface area contributed by atoms with Gasteiger partial charge in [-0.1, -0.05) is 6.08 Å². The second-order valence-corrected chi connectivity index (χ2v) is 2.87. The van der Waals surface area contributed by atoms with Crippen molar-refractivity contribution in [2.75, 3.05) is 11.9 Å². The van der Waals surface area contributed by atoms with Crippen molar-refractivity contribution in [1.29, 1.82) is 0 Å². The van der Waals surface area contributed by atoms with Gasteiger partial charge in [-0.05, 0) is 0 Å². The number of benzene rings is 1. The number of carbonyl (C=O) groups is 1. The van der Waals surface area contributed by atoms with Gasteiger partial charge in [0.05, 0.1) is 5.69 Å². The van der Waals surface area contributed by atoms with Crippen LogP contribution in [0.1, 0.15) is 0 Å². The van der Waals surface area contributed by atoms with E-state index in [0.29, 0.717) is 12.1 Å². The first-order valence-corrected chi connectivity index (χ1v) is 4.28. The molecule has 0 bridgehead atoms. The van der Waals surface area contributed by atoms with Crippen LogP contribution in [-0.2, 0) is 4.79 Å². The predicted octanol–water partition coefficient (Wildman–Crippen LogP) is 2.16. The van der Waals surface area contributed by atoms with Gasteiger partial charge in [0, 0.05) is 24.8 Å². The van der Waals surface area contributed by atoms with Crippen LogP contribution < -0.4 is 5.32 Å². The molecule has 6 heteroatoms. The van der Waals surface area contributed by atoms with E-state index >= 15 is 0 Å². The van der Waals surface area contributed by atoms with Gasteiger partial charge in [0.2, 0.25) is 0 Å². The van der Waals surface area contributed by atoms with E-state index in [9.17, 15) is 18.0 Å². The van der Waals surface area contributed by atoms with E-state index in [1.807, 2.05) is 0 Å². The molecule has 0 spiro atoms. The zero-order chi connectivity index (χ0) is 12.1. The molecule has 0 aliphatic carbocycles. The van der Waals surface area contributed by atoms with E-state index in [4.69, 9.17) is 5.11 Å². The number of nitrogens with one attached hydrogen (secondary N) is 1. The van der Waals surface area contributed by atoms with Crippen molar-refractivity contribution in [1.82, 2.24) is 0 Å². The fourth-order valence-electron chi connectivity index (χ4n) is 0.987. The smallest absolute Gasteiger partial charge is 0.328 e. The first kappa shape index (κ1) is 12.1. The largest absolute Gasteiger partial charge is 0.478 e. The number of aliphatic carboxylic acids is 1. The monoisotopic (exact) mass is 231 g/mol. The fourth-order valence-corrected chi connectivity index (χ4v) is 0.987. The van der Waals surface area contributed by atoms with Crippen LogP contribution in [-0.4, -0.2) is 17.6 Å². The lowest BCUT2D eigenvalue weighted by atomic mass is 10.3. The summed E-state index contributed by atoms with van der Waals surface area (Å²) >= 11 is 0. The van der Waals surface area contributed by atoms with Crippen molar-refractivity contribution in [3.05, 3.63) is 41.7 Å². The van der Waals surface area contributed by atoms with Crippen LogP contribution in [0.5, 0.6) is 0 Å². The van der Waals surface area contributed by atoms with Gasteiger partial charge in [-0.25, -0.2) is 18.0 Å². The van der Waals surface area contributed by atoms with Crippen molar-refractivity contribution in [3.8, 4) is 0 Å². The molecule has 16 heavy (non-hydrogen) atoms. The Balaban J connectivity index is 2.67. The maximum absolute atomic E-state index is 13.0. The van der Waals surface area contributed by atoms with Gasteiger partial charge in [0.25, 0.3) is 0 Å². The van der Waals surface area contributed by atoms with Crippen LogP contribution in [0.2, 0.25) is 0 Å². The molecule has 0 saturated heterocycles. The highest BCUT2D eigenvalue weighted by atomic mass is 19.2. The third-order valence-corrected chi connectivity index (χ3v) is 1.68. The molecule has 0 radical (unpaired) electrons. The zero-order valence-electron chi connectivity index (χ0n) is 8.01. The molecule has 1 aromatic rings. The Bertz CT molecular complexity index is 432. The van der Waals surface area contributed by atoms with Crippen LogP contribution in [0, 0.1) is 17.5 Å². The molecule has 1 rings (SSSR count). The Morgan fingerprint density at radius 3 is 2.50 bits per heavy atom. The Labute approximate surface area is 89.2 Å². The summed E-state index contributed by atoms with van der Waals surface area (Å²) < 4.78 is 38.2. The SMILES string of the molecule is O=C(O)/C=C/CNc1cc(F)c(F)cc1F. The molecular formula is C10H8F3NO2. The lowest BCUT2D eigenvalue weighted by Crippen LogP contribution is -2.03. The van der Waals surface area contributed by atoms with Crippen LogP contribution in [0.15, 0.2) is 24.3 Å². The maximum atomic E-state index is 13.0. The minimum Gasteiger partial charge on any atom is -0.478 e. The summed E-state index contributed by atoms with van der Waals surface area (Å²) in [7, 11) is 0. The van der Waals surface area contributed by atoms with E-state index in [1.54, 1.807) is 0 Å². The van der Waals surface area contributed by atoms with Gasteiger partial charge in [-0.15, -0.1) is 0 Å². The number of hydrogen-bond acceptors (Lipinski definition) is 2. The number of carboxylic acid groups (broad SMARTS) is 1. The summed E-state index contributed by atoms with van der Waals surface area (Å²) in [6.45, 7) is -0.00566. The highest BCUT2D eigenvalue weighted by Crippen LogP contribution is 2.17. The summed E-state index contributed by atoms with van der Waals surface area (Å²) in [5, 5.41) is 10.7. The zero-order valence-corrected chi connectivity index (χ0v) is 8.01. The topological polar surface area (TPSA) is 49.3 Å². The van der Waals surface area contributed by atoms with Gasteiger partial charge in [0.15, 0.2) is 11.6 Å². The van der Waals surface area contributed by atoms with Crippen molar-refractivity contribution < 1.29 is 23.1 Å². The quantitative estimate of drug-likeness (QED) is 0.616. The summed E-state index contributed by atoms with van der Waals surface area (Å²) in [6, 6.07) is 1.08. The first-order chi connectivity index (χ1) is 7.50. The number of hydrogen-bond donors (Lipinski definition) is 2. The molecule has 0 heterocycles. The minimum atomic E-state index is -1.27. The van der Waals surface area contributed by atoms with Crippen molar-refractivity contribution in [2.45, 2.75) is 0 Å². The number of anilines is 1. The summed E-state index contributed by atoms with van der Waals surface area (Å²) in [6.07, 6.45) is 2.06. The average Bonchev–Trinajstić information content (AvgIpc) is 2.19. The molecule has 0 atom stereocenters. The van der Waals surface area contributed by atoms with E-state index in [0.717, 1.165) is 6.08 Å². The summed E-state index contributed by atoms with van der Waals surface area (Å²) in [5.74, 6) is -4.54. The minimum absolute atomic E-state index is 0.00566. The molecule has 86 valence electrons. The Morgan fingerprint density at radius 1 is 1.25 bits per heavy atom. The van der Waals surface area contributed by atoms with Gasteiger partial charge in [-0.2, -0.15) is 0 Å². The predicted molar refractivity (Wildman–Crippen MR) is 51.6 cm³/mol. The third-order valence-electron chi connectivity index (χ3n) is 1.68. The van der Waals surface area contributed by atoms with Crippen LogP contribution in [0.4, 0.5) is 18.9 Å². The molecule has 1 aromatic carbocycles. The fraction of sp³-hybridized carbons (Fsp3) is 0.100. The highest BCUT2D eigenvalue weighted by molar-refractivity contribution is 5.79. The molecule has 0 fully saturated rings. The second-order valence-electron chi connectivity index (χ2n) is 2.87. The standard InChI is InChI=1S/C10H8F3NO2/c11-6-4-8(13)9(5-7(6)12)14-3-1-2-10(15)16/h1-2,4-5,14H,3H2,(H,15,16)/b2-1+. The number of rotatable bonds is 4. The van der Waals surface area contributed by atoms with E-state index < -0.39 is 23.4 Å². The van der Waals surface area contributed by atoms with Crippen molar-refractivity contribution >= 4 is 11.7 Å². The molecule has 0 saturated carbocycles. The van der Waals surface area contributed by atoms with Gasteiger partial charge >= 0.3 is 5.97 Å². The molecular weight excluding hydrogens is 223 g/mol. The molecule has 3 nitrogen and oxygen atoms in total. The molecule has 0 unspecified atom stereocenters. The van der Waals surface area contributed by atoms with Crippen molar-refractivity contribution in [3.63, 3.8) is 0 Å². The van der Waals surface area contributed by atoms with E-state index in [2.05, 4.69) is 5.32 Å². The second kappa shape index (κ2) is 5.20. The Morgan fingerprint density at radius 2 is 1.88 bits per heavy atom. The normalized spacial score (nSPS) is 10.7. The number of carboxylic acids is 1. The summed E-state index contributed by atoms with van der Waals surface area (Å²) in [5.41, 5.74) is -0.228. The third kappa shape index (κ3) is 3.30. The lowest BCUT2D eigenvalue weighted by Gasteiger charge is -2.05. The number of halogens is 3. The molecule has 2 N–H and O–H groups in total. The van der Waals surface area contributed by atoms with Gasteiger partial charge < -0.3 is 10.4 Å². The average molecular weight is 231 g/mol. The summed E-state index contributed by atoms with van der Waals surface area (Å²) in [4.78, 5) is 10.1. The van der Waals surface area contributed by atoms with Crippen LogP contribution in [0.25, 0.3) is 0 Å². The molecule has 0 aromatic heterocycles. The van der Waals surface area contributed by atoms with Gasteiger partial charge in [0.1, 0.15) is 5.82 Å². The maximum Gasteiger partial charge on any atom is 0.328 e. The first-order valence-electron chi connectivity index (χ1n) is 4.28. The molecule has 0 aliphatic heterocycles. The lowest BCUT2D eigenvalue weighted by molar-refractivity contribution is -0.131. The molecule has 0 amide bonds. The highest BCUT2D eigenvalue weighted by Gasteiger charge is 2.08. The molecule has 0 aliphatic rings. The Kier molecular flexibility index (Phi) is 3.93. The van der Waals surface area contributed by atoms with Crippen LogP contribution in [0.3, 0.4) is 0 Å². The van der Waals surface area contributed by atoms with E-state index in [1.165, 1.54) is 6.08 Å².